The third-order valence-electron chi connectivity index (χ3n) is 4.41. The van der Waals surface area contributed by atoms with E-state index in [1.165, 1.54) is 17.4 Å². The second kappa shape index (κ2) is 8.22. The van der Waals surface area contributed by atoms with E-state index in [1.807, 2.05) is 29.8 Å². The molecule has 2 heterocycles. The van der Waals surface area contributed by atoms with E-state index >= 15 is 0 Å². The van der Waals surface area contributed by atoms with Gasteiger partial charge in [0, 0.05) is 23.4 Å². The van der Waals surface area contributed by atoms with Gasteiger partial charge in [-0.05, 0) is 49.4 Å². The Morgan fingerprint density at radius 2 is 2.11 bits per heavy atom. The van der Waals surface area contributed by atoms with E-state index in [1.54, 1.807) is 29.2 Å². The zero-order valence-electron chi connectivity index (χ0n) is 14.7. The lowest BCUT2D eigenvalue weighted by molar-refractivity contribution is 0.620. The number of benzene rings is 1. The molecule has 27 heavy (non-hydrogen) atoms. The minimum Gasteiger partial charge on any atom is -0.262 e. The van der Waals surface area contributed by atoms with Crippen LogP contribution in [-0.4, -0.2) is 15.9 Å². The summed E-state index contributed by atoms with van der Waals surface area (Å²) in [6.45, 7) is 0. The molecule has 6 heteroatoms. The van der Waals surface area contributed by atoms with E-state index in [9.17, 15) is 4.39 Å². The maximum atomic E-state index is 14.4. The third kappa shape index (κ3) is 4.11. The minimum absolute atomic E-state index is 0.271. The van der Waals surface area contributed by atoms with Crippen LogP contribution < -0.4 is 4.80 Å². The van der Waals surface area contributed by atoms with Crippen LogP contribution in [0.25, 0.3) is 11.3 Å². The molecule has 0 saturated carbocycles. The smallest absolute Gasteiger partial charge is 0.211 e. The van der Waals surface area contributed by atoms with Gasteiger partial charge in [-0.1, -0.05) is 24.3 Å². The summed E-state index contributed by atoms with van der Waals surface area (Å²) in [6.07, 6.45) is 12.9. The molecule has 0 amide bonds. The molecular weight excluding hydrogens is 359 g/mol. The van der Waals surface area contributed by atoms with E-state index in [4.69, 9.17) is 5.10 Å². The van der Waals surface area contributed by atoms with Gasteiger partial charge in [0.05, 0.1) is 17.6 Å². The Kier molecular flexibility index (Phi) is 5.34. The first-order valence-electron chi connectivity index (χ1n) is 8.91. The van der Waals surface area contributed by atoms with Gasteiger partial charge < -0.3 is 0 Å². The molecule has 4 nitrogen and oxygen atoms in total. The second-order valence-corrected chi connectivity index (χ2v) is 7.16. The van der Waals surface area contributed by atoms with Crippen LogP contribution in [0.4, 0.5) is 10.1 Å². The molecule has 4 rings (SSSR count). The second-order valence-electron chi connectivity index (χ2n) is 6.33. The number of rotatable bonds is 4. The molecule has 1 unspecified atom stereocenters. The van der Waals surface area contributed by atoms with Crippen molar-refractivity contribution in [1.29, 1.82) is 0 Å². The van der Waals surface area contributed by atoms with Gasteiger partial charge in [0.15, 0.2) is 0 Å². The number of pyridine rings is 1. The van der Waals surface area contributed by atoms with Crippen LogP contribution in [0, 0.1) is 11.7 Å². The van der Waals surface area contributed by atoms with Crippen LogP contribution in [0.5, 0.6) is 0 Å². The summed E-state index contributed by atoms with van der Waals surface area (Å²) in [5.41, 5.74) is 1.95. The molecule has 0 radical (unpaired) electrons. The average Bonchev–Trinajstić information content (AvgIpc) is 3.10. The van der Waals surface area contributed by atoms with Crippen LogP contribution >= 0.6 is 11.3 Å². The fourth-order valence-electron chi connectivity index (χ4n) is 2.99. The number of aromatic nitrogens is 2. The molecule has 0 spiro atoms. The molecule has 1 aromatic carbocycles. The molecule has 1 aliphatic rings. The highest BCUT2D eigenvalue weighted by molar-refractivity contribution is 7.07. The van der Waals surface area contributed by atoms with Gasteiger partial charge in [-0.2, -0.15) is 5.10 Å². The first kappa shape index (κ1) is 17.5. The predicted molar refractivity (Wildman–Crippen MR) is 108 cm³/mol. The summed E-state index contributed by atoms with van der Waals surface area (Å²) >= 11 is 1.44. The van der Waals surface area contributed by atoms with Crippen LogP contribution in [0.2, 0.25) is 0 Å². The van der Waals surface area contributed by atoms with Gasteiger partial charge >= 0.3 is 0 Å². The van der Waals surface area contributed by atoms with E-state index in [0.717, 1.165) is 24.9 Å². The lowest BCUT2D eigenvalue weighted by Gasteiger charge is -2.12. The largest absolute Gasteiger partial charge is 0.262 e. The maximum Gasteiger partial charge on any atom is 0.211 e. The zero-order valence-corrected chi connectivity index (χ0v) is 15.5. The summed E-state index contributed by atoms with van der Waals surface area (Å²) in [5, 5.41) is 6.59. The van der Waals surface area contributed by atoms with Gasteiger partial charge in [0.2, 0.25) is 4.80 Å². The lowest BCUT2D eigenvalue weighted by atomic mass is 9.96. The quantitative estimate of drug-likeness (QED) is 0.456. The van der Waals surface area contributed by atoms with E-state index in [2.05, 4.69) is 22.1 Å². The van der Waals surface area contributed by atoms with Crippen molar-refractivity contribution in [3.05, 3.63) is 76.9 Å². The molecule has 0 N–H and O–H groups in total. The number of hydrogen-bond acceptors (Lipinski definition) is 4. The van der Waals surface area contributed by atoms with Gasteiger partial charge in [-0.25, -0.2) is 14.1 Å². The molecule has 1 atom stereocenters. The highest BCUT2D eigenvalue weighted by Crippen LogP contribution is 2.24. The van der Waals surface area contributed by atoms with E-state index in [0.29, 0.717) is 22.0 Å². The van der Waals surface area contributed by atoms with Crippen LogP contribution in [0.15, 0.2) is 76.4 Å². The zero-order chi connectivity index (χ0) is 18.5. The molecule has 0 saturated heterocycles. The Hall–Kier alpha value is -2.86. The first-order valence-corrected chi connectivity index (χ1v) is 9.79. The number of hydrogen-bond donors (Lipinski definition) is 0. The Morgan fingerprint density at radius 1 is 1.19 bits per heavy atom. The average molecular weight is 378 g/mol. The molecule has 1 aliphatic carbocycles. The fraction of sp³-hybridized carbons (Fsp3) is 0.190. The van der Waals surface area contributed by atoms with Crippen LogP contribution in [0.3, 0.4) is 0 Å². The highest BCUT2D eigenvalue weighted by Gasteiger charge is 2.13. The van der Waals surface area contributed by atoms with Crippen LogP contribution in [0.1, 0.15) is 19.3 Å². The van der Waals surface area contributed by atoms with Crippen molar-refractivity contribution in [2.24, 2.45) is 16.0 Å². The summed E-state index contributed by atoms with van der Waals surface area (Å²) in [4.78, 5) is 9.44. The minimum atomic E-state index is -0.271. The highest BCUT2D eigenvalue weighted by atomic mass is 32.1. The van der Waals surface area contributed by atoms with Crippen molar-refractivity contribution in [1.82, 2.24) is 9.66 Å². The molecule has 0 aliphatic heterocycles. The standard InChI is InChI=1S/C21H19FN4S/c22-19-11-5-4-10-18(19)20-15-27-21(25-17-9-6-12-23-14-17)26(20)24-13-16-7-2-1-3-8-16/h1-2,4-6,9-16H,3,7-8H2. The third-order valence-corrected chi connectivity index (χ3v) is 5.22. The normalized spacial score (nSPS) is 17.7. The molecule has 0 bridgehead atoms. The van der Waals surface area contributed by atoms with E-state index in [-0.39, 0.29) is 5.82 Å². The monoisotopic (exact) mass is 378 g/mol. The lowest BCUT2D eigenvalue weighted by Crippen LogP contribution is -2.14. The van der Waals surface area contributed by atoms with Crippen molar-refractivity contribution >= 4 is 23.2 Å². The van der Waals surface area contributed by atoms with Gasteiger partial charge in [-0.3, -0.25) is 4.98 Å². The maximum absolute atomic E-state index is 14.4. The van der Waals surface area contributed by atoms with Crippen molar-refractivity contribution in [2.45, 2.75) is 19.3 Å². The van der Waals surface area contributed by atoms with Crippen LogP contribution in [-0.2, 0) is 0 Å². The first-order chi connectivity index (χ1) is 13.3. The predicted octanol–water partition coefficient (Wildman–Crippen LogP) is 5.17. The number of halogens is 1. The number of allylic oxidation sites excluding steroid dienone is 2. The Bertz CT molecular complexity index is 1030. The molecular formula is C21H19FN4S. The van der Waals surface area contributed by atoms with Crippen molar-refractivity contribution in [3.8, 4) is 11.3 Å². The van der Waals surface area contributed by atoms with Crippen molar-refractivity contribution in [2.75, 3.05) is 0 Å². The summed E-state index contributed by atoms with van der Waals surface area (Å²) in [7, 11) is 0. The Labute approximate surface area is 161 Å². The Morgan fingerprint density at radius 3 is 2.89 bits per heavy atom. The summed E-state index contributed by atoms with van der Waals surface area (Å²) < 4.78 is 16.1. The van der Waals surface area contributed by atoms with Gasteiger partial charge in [0.25, 0.3) is 0 Å². The van der Waals surface area contributed by atoms with Crippen molar-refractivity contribution < 1.29 is 4.39 Å². The summed E-state index contributed by atoms with van der Waals surface area (Å²) in [5.74, 6) is 0.120. The number of nitrogens with zero attached hydrogens (tertiary/aromatic N) is 4. The SMILES string of the molecule is Fc1ccccc1-c1csc(=Nc2cccnc2)n1N=CC1CC=CCC1. The number of thiazole rings is 1. The fourth-order valence-corrected chi connectivity index (χ4v) is 3.83. The molecule has 0 fully saturated rings. The molecule has 3 aromatic rings. The van der Waals surface area contributed by atoms with Gasteiger partial charge in [0.1, 0.15) is 5.82 Å². The topological polar surface area (TPSA) is 42.5 Å². The molecule has 136 valence electrons. The Balaban J connectivity index is 1.80. The molecule has 2 aromatic heterocycles. The van der Waals surface area contributed by atoms with E-state index < -0.39 is 0 Å². The van der Waals surface area contributed by atoms with Gasteiger partial charge in [-0.15, -0.1) is 11.3 Å². The summed E-state index contributed by atoms with van der Waals surface area (Å²) in [6, 6.07) is 10.5. The van der Waals surface area contributed by atoms with Crippen molar-refractivity contribution in [3.63, 3.8) is 0 Å².